The van der Waals surface area contributed by atoms with E-state index in [2.05, 4.69) is 53.6 Å². The Morgan fingerprint density at radius 2 is 2.03 bits per heavy atom. The summed E-state index contributed by atoms with van der Waals surface area (Å²) in [5.74, 6) is -0.222. The number of hydrogen-bond donors (Lipinski definition) is 1. The maximum atomic E-state index is 13.0. The smallest absolute Gasteiger partial charge is 0.335 e. The number of ether oxygens (including phenoxy) is 1. The zero-order valence-corrected chi connectivity index (χ0v) is 19.0. The first-order valence-electron chi connectivity index (χ1n) is 11.7. The second-order valence-corrected chi connectivity index (χ2v) is 9.70. The molecule has 5 nitrogen and oxygen atoms in total. The van der Waals surface area contributed by atoms with Gasteiger partial charge in [-0.15, -0.1) is 0 Å². The summed E-state index contributed by atoms with van der Waals surface area (Å²) in [6, 6.07) is 16.8. The summed E-state index contributed by atoms with van der Waals surface area (Å²) in [5.41, 5.74) is 6.76. The van der Waals surface area contributed by atoms with E-state index in [9.17, 15) is 4.79 Å². The average molecular weight is 438 g/mol. The molecule has 166 valence electrons. The minimum absolute atomic E-state index is 0.0878. The summed E-state index contributed by atoms with van der Waals surface area (Å²) in [6.07, 6.45) is 7.33. The molecule has 33 heavy (non-hydrogen) atoms. The Morgan fingerprint density at radius 1 is 1.24 bits per heavy atom. The summed E-state index contributed by atoms with van der Waals surface area (Å²) in [5, 5.41) is 12.8. The highest BCUT2D eigenvalue weighted by Gasteiger charge is 2.65. The number of benzene rings is 2. The van der Waals surface area contributed by atoms with Crippen LogP contribution in [0.5, 0.6) is 0 Å². The lowest BCUT2D eigenvalue weighted by molar-refractivity contribution is -0.137. The lowest BCUT2D eigenvalue weighted by Crippen LogP contribution is -2.58. The van der Waals surface area contributed by atoms with Crippen LogP contribution in [0, 0.1) is 16.7 Å². The molecule has 0 unspecified atom stereocenters. The zero-order chi connectivity index (χ0) is 22.8. The summed E-state index contributed by atoms with van der Waals surface area (Å²) in [4.78, 5) is 15.6. The van der Waals surface area contributed by atoms with Crippen LogP contribution in [-0.2, 0) is 14.9 Å². The first kappa shape index (κ1) is 20.3. The second-order valence-electron chi connectivity index (χ2n) is 9.70. The number of methoxy groups -OCH3 is 1. The fraction of sp³-hybridized carbons (Fsp3) is 0.357. The van der Waals surface area contributed by atoms with Gasteiger partial charge in [0.2, 0.25) is 0 Å². The van der Waals surface area contributed by atoms with Crippen molar-refractivity contribution < 1.29 is 9.53 Å². The summed E-state index contributed by atoms with van der Waals surface area (Å²) in [6.45, 7) is 4.22. The Morgan fingerprint density at radius 3 is 2.76 bits per heavy atom. The van der Waals surface area contributed by atoms with Gasteiger partial charge in [0.1, 0.15) is 0 Å². The monoisotopic (exact) mass is 437 g/mol. The van der Waals surface area contributed by atoms with Crippen LogP contribution in [0.3, 0.4) is 0 Å². The Bertz CT molecular complexity index is 1270. The second kappa shape index (κ2) is 7.07. The van der Waals surface area contributed by atoms with Gasteiger partial charge in [-0.2, -0.15) is 5.26 Å². The number of nitriles is 1. The van der Waals surface area contributed by atoms with E-state index >= 15 is 0 Å². The molecule has 1 aliphatic carbocycles. The predicted octanol–water partition coefficient (Wildman–Crippen LogP) is 4.76. The third kappa shape index (κ3) is 2.59. The Hall–Kier alpha value is -3.36. The van der Waals surface area contributed by atoms with Crippen LogP contribution in [0.4, 0.5) is 5.69 Å². The van der Waals surface area contributed by atoms with E-state index in [0.29, 0.717) is 18.0 Å². The van der Waals surface area contributed by atoms with Gasteiger partial charge in [0.15, 0.2) is 0 Å². The highest BCUT2D eigenvalue weighted by atomic mass is 16.5. The summed E-state index contributed by atoms with van der Waals surface area (Å²) < 4.78 is 5.28. The number of nitrogens with zero attached hydrogens (tertiary/aromatic N) is 2. The number of carbonyl (C=O) groups excluding carboxylic acids is 1. The molecule has 3 atom stereocenters. The first-order chi connectivity index (χ1) is 16.1. The van der Waals surface area contributed by atoms with E-state index in [4.69, 9.17) is 10.00 Å². The standard InChI is InChI=1S/C28H27N3O2/c1-3-27-11-4-13-31-14-12-28(26(27)31)22-15-20(19-7-5-18(17-29)6-8-19)9-10-23(22)30-24(28)21(16-27)25(32)33-2/h4-11,15,26,30H,3,12-14,16H2,1-2H3/t26-,27-,28-/m0/s1. The van der Waals surface area contributed by atoms with Crippen LogP contribution < -0.4 is 5.32 Å². The molecule has 0 aromatic heterocycles. The fourth-order valence-electron chi connectivity index (χ4n) is 6.98. The van der Waals surface area contributed by atoms with Crippen molar-refractivity contribution in [2.45, 2.75) is 37.6 Å². The fourth-order valence-corrected chi connectivity index (χ4v) is 6.98. The largest absolute Gasteiger partial charge is 0.466 e. The van der Waals surface area contributed by atoms with E-state index < -0.39 is 0 Å². The van der Waals surface area contributed by atoms with E-state index in [0.717, 1.165) is 54.0 Å². The lowest BCUT2D eigenvalue weighted by atomic mass is 9.55. The minimum Gasteiger partial charge on any atom is -0.466 e. The SMILES string of the molecule is CC[C@]12C=CCN3CC[C@]4(C(=C(C(=O)OC)C1)Nc1ccc(-c5ccc(C#N)cc5)cc14)[C@@H]32. The van der Waals surface area contributed by atoms with Gasteiger partial charge in [-0.1, -0.05) is 37.3 Å². The minimum atomic E-state index is -0.250. The molecule has 2 aromatic rings. The van der Waals surface area contributed by atoms with Crippen molar-refractivity contribution in [1.29, 1.82) is 5.26 Å². The van der Waals surface area contributed by atoms with E-state index in [1.54, 1.807) is 0 Å². The van der Waals surface area contributed by atoms with Crippen molar-refractivity contribution in [1.82, 2.24) is 4.90 Å². The number of hydrogen-bond acceptors (Lipinski definition) is 5. The molecule has 1 spiro atoms. The molecule has 1 N–H and O–H groups in total. The molecule has 5 heteroatoms. The third-order valence-corrected chi connectivity index (χ3v) is 8.41. The number of nitrogens with one attached hydrogen (secondary N) is 1. The average Bonchev–Trinajstić information content (AvgIpc) is 3.43. The Kier molecular flexibility index (Phi) is 4.34. The van der Waals surface area contributed by atoms with Gasteiger partial charge in [-0.3, -0.25) is 4.90 Å². The maximum Gasteiger partial charge on any atom is 0.335 e. The lowest BCUT2D eigenvalue weighted by Gasteiger charge is -2.53. The van der Waals surface area contributed by atoms with Crippen LogP contribution in [0.1, 0.15) is 37.3 Å². The molecule has 0 radical (unpaired) electrons. The van der Waals surface area contributed by atoms with Crippen molar-refractivity contribution >= 4 is 11.7 Å². The summed E-state index contributed by atoms with van der Waals surface area (Å²) in [7, 11) is 1.48. The van der Waals surface area contributed by atoms with Crippen molar-refractivity contribution in [2.75, 3.05) is 25.5 Å². The molecule has 1 saturated heterocycles. The topological polar surface area (TPSA) is 65.4 Å². The zero-order valence-electron chi connectivity index (χ0n) is 19.0. The predicted molar refractivity (Wildman–Crippen MR) is 127 cm³/mol. The van der Waals surface area contributed by atoms with Crippen LogP contribution >= 0.6 is 0 Å². The van der Waals surface area contributed by atoms with Gasteiger partial charge in [0.25, 0.3) is 0 Å². The van der Waals surface area contributed by atoms with Gasteiger partial charge >= 0.3 is 5.97 Å². The molecule has 2 aromatic carbocycles. The van der Waals surface area contributed by atoms with Crippen LogP contribution in [0.25, 0.3) is 11.1 Å². The van der Waals surface area contributed by atoms with Crippen molar-refractivity contribution in [2.24, 2.45) is 5.41 Å². The summed E-state index contributed by atoms with van der Waals surface area (Å²) >= 11 is 0. The van der Waals surface area contributed by atoms with E-state index in [-0.39, 0.29) is 16.8 Å². The maximum absolute atomic E-state index is 13.0. The molecular weight excluding hydrogens is 410 g/mol. The van der Waals surface area contributed by atoms with E-state index in [1.807, 2.05) is 24.3 Å². The molecule has 0 amide bonds. The van der Waals surface area contributed by atoms with Crippen LogP contribution in [0.15, 0.2) is 65.9 Å². The van der Waals surface area contributed by atoms with Gasteiger partial charge in [-0.25, -0.2) is 4.79 Å². The van der Waals surface area contributed by atoms with Crippen molar-refractivity contribution in [3.8, 4) is 17.2 Å². The van der Waals surface area contributed by atoms with Gasteiger partial charge in [-0.05, 0) is 60.2 Å². The highest BCUT2D eigenvalue weighted by Crippen LogP contribution is 2.64. The molecule has 1 fully saturated rings. The number of fused-ring (bicyclic) bond motifs is 1. The van der Waals surface area contributed by atoms with Crippen LogP contribution in [0.2, 0.25) is 0 Å². The van der Waals surface area contributed by atoms with Gasteiger partial charge < -0.3 is 10.1 Å². The molecular formula is C28H27N3O2. The Labute approximate surface area is 194 Å². The molecule has 0 bridgehead atoms. The Balaban J connectivity index is 1.58. The number of carbonyl (C=O) groups is 1. The molecule has 0 saturated carbocycles. The van der Waals surface area contributed by atoms with Crippen LogP contribution in [-0.4, -0.2) is 37.1 Å². The third-order valence-electron chi connectivity index (χ3n) is 8.41. The number of esters is 1. The molecule has 3 aliphatic heterocycles. The molecule has 4 aliphatic rings. The normalized spacial score (nSPS) is 29.1. The first-order valence-corrected chi connectivity index (χ1v) is 11.7. The molecule has 6 rings (SSSR count). The van der Waals surface area contributed by atoms with Crippen molar-refractivity contribution in [3.05, 3.63) is 77.0 Å². The van der Waals surface area contributed by atoms with Crippen molar-refractivity contribution in [3.63, 3.8) is 0 Å². The molecule has 3 heterocycles. The highest BCUT2D eigenvalue weighted by molar-refractivity contribution is 5.93. The van der Waals surface area contributed by atoms with Gasteiger partial charge in [0.05, 0.1) is 29.7 Å². The number of rotatable bonds is 3. The quantitative estimate of drug-likeness (QED) is 0.554. The van der Waals surface area contributed by atoms with Gasteiger partial charge in [0, 0.05) is 35.9 Å². The van der Waals surface area contributed by atoms with E-state index in [1.165, 1.54) is 12.7 Å². The number of anilines is 1.